The second-order valence-electron chi connectivity index (χ2n) is 5.45. The van der Waals surface area contributed by atoms with E-state index in [1.807, 2.05) is 0 Å². The Morgan fingerprint density at radius 3 is 2.72 bits per heavy atom. The van der Waals surface area contributed by atoms with Gasteiger partial charge in [0.25, 0.3) is 0 Å². The lowest BCUT2D eigenvalue weighted by atomic mass is 9.92. The normalized spacial score (nSPS) is 21.6. The number of hydrogen-bond donors (Lipinski definition) is 3. The highest BCUT2D eigenvalue weighted by Crippen LogP contribution is 2.36. The van der Waals surface area contributed by atoms with Crippen LogP contribution >= 0.6 is 0 Å². The molecule has 1 rings (SSSR count). The molecular formula is C12H22N2O4. The van der Waals surface area contributed by atoms with Crippen LogP contribution in [0, 0.1) is 5.41 Å². The summed E-state index contributed by atoms with van der Waals surface area (Å²) in [7, 11) is 0. The topological polar surface area (TPSA) is 87.7 Å². The second kappa shape index (κ2) is 6.58. The first-order valence-electron chi connectivity index (χ1n) is 6.23. The fourth-order valence-corrected chi connectivity index (χ4v) is 2.19. The summed E-state index contributed by atoms with van der Waals surface area (Å²) in [5, 5.41) is 13.9. The fourth-order valence-electron chi connectivity index (χ4n) is 2.19. The Hall–Kier alpha value is -1.30. The maximum atomic E-state index is 11.5. The molecule has 3 N–H and O–H groups in total. The van der Waals surface area contributed by atoms with Crippen LogP contribution in [0.5, 0.6) is 0 Å². The van der Waals surface area contributed by atoms with E-state index in [4.69, 9.17) is 9.84 Å². The average molecular weight is 258 g/mol. The van der Waals surface area contributed by atoms with Crippen molar-refractivity contribution in [2.75, 3.05) is 19.8 Å². The Bertz CT molecular complexity index is 304. The summed E-state index contributed by atoms with van der Waals surface area (Å²) in [6, 6.07) is 0.0246. The van der Waals surface area contributed by atoms with E-state index >= 15 is 0 Å². The number of urea groups is 1. The molecule has 104 valence electrons. The van der Waals surface area contributed by atoms with Crippen LogP contribution in [0.15, 0.2) is 0 Å². The van der Waals surface area contributed by atoms with Crippen LogP contribution in [0.4, 0.5) is 4.79 Å². The van der Waals surface area contributed by atoms with Crippen LogP contribution in [0.25, 0.3) is 0 Å². The Morgan fingerprint density at radius 1 is 1.44 bits per heavy atom. The van der Waals surface area contributed by atoms with Gasteiger partial charge in [0.05, 0.1) is 6.61 Å². The van der Waals surface area contributed by atoms with Crippen LogP contribution in [-0.4, -0.2) is 42.9 Å². The Balaban J connectivity index is 2.06. The highest BCUT2D eigenvalue weighted by Gasteiger charge is 2.31. The number of ether oxygens (including phenoxy) is 1. The predicted molar refractivity (Wildman–Crippen MR) is 66.4 cm³/mol. The van der Waals surface area contributed by atoms with E-state index in [0.29, 0.717) is 12.0 Å². The summed E-state index contributed by atoms with van der Waals surface area (Å²) in [6.45, 7) is 4.59. The SMILES string of the molecule is CC1(C)CCC(NC(=O)NCCOCC(=O)O)C1. The van der Waals surface area contributed by atoms with Crippen molar-refractivity contribution in [3.05, 3.63) is 0 Å². The lowest BCUT2D eigenvalue weighted by Gasteiger charge is -2.18. The fraction of sp³-hybridized carbons (Fsp3) is 0.833. The van der Waals surface area contributed by atoms with Crippen molar-refractivity contribution in [3.63, 3.8) is 0 Å². The van der Waals surface area contributed by atoms with E-state index in [-0.39, 0.29) is 25.3 Å². The average Bonchev–Trinajstić information content (AvgIpc) is 2.57. The first kappa shape index (κ1) is 14.8. The monoisotopic (exact) mass is 258 g/mol. The molecule has 0 bridgehead atoms. The second-order valence-corrected chi connectivity index (χ2v) is 5.45. The Kier molecular flexibility index (Phi) is 5.40. The summed E-state index contributed by atoms with van der Waals surface area (Å²) in [4.78, 5) is 21.7. The van der Waals surface area contributed by atoms with E-state index in [9.17, 15) is 9.59 Å². The van der Waals surface area contributed by atoms with Gasteiger partial charge in [-0.05, 0) is 24.7 Å². The smallest absolute Gasteiger partial charge is 0.329 e. The molecule has 1 aliphatic rings. The number of carbonyl (C=O) groups is 2. The van der Waals surface area contributed by atoms with Gasteiger partial charge in [0, 0.05) is 12.6 Å². The minimum Gasteiger partial charge on any atom is -0.480 e. The number of carboxylic acid groups (broad SMARTS) is 1. The largest absolute Gasteiger partial charge is 0.480 e. The molecule has 1 saturated carbocycles. The van der Waals surface area contributed by atoms with Gasteiger partial charge in [-0.3, -0.25) is 0 Å². The number of amides is 2. The summed E-state index contributed by atoms with van der Waals surface area (Å²) in [5.41, 5.74) is 0.308. The van der Waals surface area contributed by atoms with Gasteiger partial charge in [-0.25, -0.2) is 9.59 Å². The third-order valence-electron chi connectivity index (χ3n) is 3.06. The van der Waals surface area contributed by atoms with Gasteiger partial charge >= 0.3 is 12.0 Å². The summed E-state index contributed by atoms with van der Waals surface area (Å²) in [6.07, 6.45) is 3.13. The number of rotatable bonds is 6. The Labute approximate surface area is 107 Å². The molecule has 0 radical (unpaired) electrons. The summed E-state index contributed by atoms with van der Waals surface area (Å²) < 4.78 is 4.81. The van der Waals surface area contributed by atoms with Crippen LogP contribution in [0.3, 0.4) is 0 Å². The number of aliphatic carboxylic acids is 1. The third-order valence-corrected chi connectivity index (χ3v) is 3.06. The predicted octanol–water partition coefficient (Wildman–Crippen LogP) is 0.965. The van der Waals surface area contributed by atoms with E-state index in [0.717, 1.165) is 19.3 Å². The molecular weight excluding hydrogens is 236 g/mol. The van der Waals surface area contributed by atoms with Gasteiger partial charge in [-0.15, -0.1) is 0 Å². The maximum Gasteiger partial charge on any atom is 0.329 e. The number of carboxylic acids is 1. The van der Waals surface area contributed by atoms with Crippen molar-refractivity contribution in [1.82, 2.24) is 10.6 Å². The van der Waals surface area contributed by atoms with Gasteiger partial charge in [0.1, 0.15) is 6.61 Å². The highest BCUT2D eigenvalue weighted by atomic mass is 16.5. The van der Waals surface area contributed by atoms with Gasteiger partial charge in [-0.2, -0.15) is 0 Å². The molecule has 0 aromatic heterocycles. The van der Waals surface area contributed by atoms with Crippen molar-refractivity contribution in [2.24, 2.45) is 5.41 Å². The molecule has 2 amide bonds. The van der Waals surface area contributed by atoms with Crippen LogP contribution in [0.1, 0.15) is 33.1 Å². The van der Waals surface area contributed by atoms with E-state index < -0.39 is 5.97 Å². The van der Waals surface area contributed by atoms with Gasteiger partial charge < -0.3 is 20.5 Å². The molecule has 0 aliphatic heterocycles. The molecule has 0 aromatic rings. The van der Waals surface area contributed by atoms with E-state index in [2.05, 4.69) is 24.5 Å². The van der Waals surface area contributed by atoms with Gasteiger partial charge in [-0.1, -0.05) is 13.8 Å². The van der Waals surface area contributed by atoms with Crippen molar-refractivity contribution in [3.8, 4) is 0 Å². The third kappa shape index (κ3) is 5.86. The molecule has 0 heterocycles. The van der Waals surface area contributed by atoms with Crippen LogP contribution in [0.2, 0.25) is 0 Å². The molecule has 0 saturated heterocycles. The number of hydrogen-bond acceptors (Lipinski definition) is 3. The van der Waals surface area contributed by atoms with E-state index in [1.165, 1.54) is 0 Å². The molecule has 1 fully saturated rings. The van der Waals surface area contributed by atoms with Gasteiger partial charge in [0.2, 0.25) is 0 Å². The van der Waals surface area contributed by atoms with Crippen molar-refractivity contribution in [1.29, 1.82) is 0 Å². The zero-order valence-corrected chi connectivity index (χ0v) is 11.0. The van der Waals surface area contributed by atoms with Crippen molar-refractivity contribution >= 4 is 12.0 Å². The van der Waals surface area contributed by atoms with Crippen LogP contribution < -0.4 is 10.6 Å². The van der Waals surface area contributed by atoms with Crippen molar-refractivity contribution in [2.45, 2.75) is 39.2 Å². The van der Waals surface area contributed by atoms with Crippen molar-refractivity contribution < 1.29 is 19.4 Å². The molecule has 0 spiro atoms. The summed E-state index contributed by atoms with van der Waals surface area (Å²) >= 11 is 0. The molecule has 0 aromatic carbocycles. The molecule has 1 unspecified atom stereocenters. The van der Waals surface area contributed by atoms with Crippen LogP contribution in [-0.2, 0) is 9.53 Å². The minimum absolute atomic E-state index is 0.204. The zero-order chi connectivity index (χ0) is 13.6. The first-order chi connectivity index (χ1) is 8.39. The molecule has 6 nitrogen and oxygen atoms in total. The lowest BCUT2D eigenvalue weighted by molar-refractivity contribution is -0.142. The molecule has 1 atom stereocenters. The number of carbonyl (C=O) groups excluding carboxylic acids is 1. The highest BCUT2D eigenvalue weighted by molar-refractivity contribution is 5.74. The Morgan fingerprint density at radius 2 is 2.17 bits per heavy atom. The first-order valence-corrected chi connectivity index (χ1v) is 6.23. The van der Waals surface area contributed by atoms with Gasteiger partial charge in [0.15, 0.2) is 0 Å². The maximum absolute atomic E-state index is 11.5. The molecule has 6 heteroatoms. The quantitative estimate of drug-likeness (QED) is 0.619. The molecule has 18 heavy (non-hydrogen) atoms. The summed E-state index contributed by atoms with van der Waals surface area (Å²) in [5.74, 6) is -1.01. The standard InChI is InChI=1S/C12H22N2O4/c1-12(2)4-3-9(7-12)14-11(17)13-5-6-18-8-10(15)16/h9H,3-8H2,1-2H3,(H,15,16)(H2,13,14,17). The molecule has 1 aliphatic carbocycles. The zero-order valence-electron chi connectivity index (χ0n) is 11.0. The minimum atomic E-state index is -1.01. The van der Waals surface area contributed by atoms with E-state index in [1.54, 1.807) is 0 Å². The number of nitrogens with one attached hydrogen (secondary N) is 2. The lowest BCUT2D eigenvalue weighted by Crippen LogP contribution is -2.42.